The summed E-state index contributed by atoms with van der Waals surface area (Å²) in [6.45, 7) is 5.16. The summed E-state index contributed by atoms with van der Waals surface area (Å²) in [7, 11) is 1.44. The highest BCUT2D eigenvalue weighted by Crippen LogP contribution is 2.31. The lowest BCUT2D eigenvalue weighted by Crippen LogP contribution is -2.24. The number of benzene rings is 1. The minimum Gasteiger partial charge on any atom is -0.496 e. The van der Waals surface area contributed by atoms with Crippen molar-refractivity contribution in [3.63, 3.8) is 0 Å². The molecule has 0 aromatic heterocycles. The van der Waals surface area contributed by atoms with Crippen molar-refractivity contribution < 1.29 is 18.7 Å². The summed E-state index contributed by atoms with van der Waals surface area (Å²) in [5.74, 6) is -0.986. The molecule has 0 aliphatic heterocycles. The number of ether oxygens (including phenoxy) is 2. The Labute approximate surface area is 108 Å². The molecule has 3 nitrogen and oxygen atoms in total. The number of methoxy groups -OCH3 is 1. The van der Waals surface area contributed by atoms with Gasteiger partial charge in [-0.05, 0) is 48.8 Å². The number of hydrogen-bond donors (Lipinski definition) is 0. The summed E-state index contributed by atoms with van der Waals surface area (Å²) in [5, 5.41) is 0. The molecule has 0 atom stereocenters. The van der Waals surface area contributed by atoms with Crippen LogP contribution in [0.3, 0.4) is 0 Å². The van der Waals surface area contributed by atoms with Crippen molar-refractivity contribution in [2.45, 2.75) is 26.4 Å². The molecule has 94 valence electrons. The molecule has 0 unspecified atom stereocenters. The molecule has 0 aliphatic carbocycles. The van der Waals surface area contributed by atoms with Crippen LogP contribution in [0.25, 0.3) is 0 Å². The van der Waals surface area contributed by atoms with Gasteiger partial charge in [0.1, 0.15) is 22.7 Å². The van der Waals surface area contributed by atoms with E-state index in [1.54, 1.807) is 20.8 Å². The fourth-order valence-corrected chi connectivity index (χ4v) is 1.85. The second-order valence-corrected chi connectivity index (χ2v) is 5.23. The highest BCUT2D eigenvalue weighted by molar-refractivity contribution is 9.10. The van der Waals surface area contributed by atoms with E-state index in [4.69, 9.17) is 9.47 Å². The van der Waals surface area contributed by atoms with Crippen LogP contribution in [0, 0.1) is 5.82 Å². The van der Waals surface area contributed by atoms with Gasteiger partial charge in [-0.25, -0.2) is 9.18 Å². The predicted octanol–water partition coefficient (Wildman–Crippen LogP) is 3.55. The van der Waals surface area contributed by atoms with Gasteiger partial charge in [0.05, 0.1) is 11.6 Å². The van der Waals surface area contributed by atoms with E-state index in [1.165, 1.54) is 19.2 Å². The molecule has 0 spiro atoms. The van der Waals surface area contributed by atoms with Gasteiger partial charge in [0.2, 0.25) is 0 Å². The van der Waals surface area contributed by atoms with Crippen LogP contribution in [0.4, 0.5) is 4.39 Å². The zero-order valence-electron chi connectivity index (χ0n) is 10.1. The van der Waals surface area contributed by atoms with Crippen molar-refractivity contribution >= 4 is 21.9 Å². The van der Waals surface area contributed by atoms with Crippen LogP contribution in [0.1, 0.15) is 31.1 Å². The highest BCUT2D eigenvalue weighted by atomic mass is 79.9. The van der Waals surface area contributed by atoms with Crippen LogP contribution >= 0.6 is 15.9 Å². The summed E-state index contributed by atoms with van der Waals surface area (Å²) >= 11 is 3.13. The van der Waals surface area contributed by atoms with Gasteiger partial charge in [0.15, 0.2) is 0 Å². The third-order valence-electron chi connectivity index (χ3n) is 1.88. The fourth-order valence-electron chi connectivity index (χ4n) is 1.21. The molecular formula is C12H14BrFO3. The first kappa shape index (κ1) is 14.0. The second kappa shape index (κ2) is 5.04. The molecule has 0 heterocycles. The van der Waals surface area contributed by atoms with Gasteiger partial charge in [-0.15, -0.1) is 0 Å². The van der Waals surface area contributed by atoms with Crippen molar-refractivity contribution in [3.8, 4) is 5.75 Å². The Morgan fingerprint density at radius 1 is 1.35 bits per heavy atom. The monoisotopic (exact) mass is 304 g/mol. The van der Waals surface area contributed by atoms with Crippen molar-refractivity contribution in [2.24, 2.45) is 0 Å². The lowest BCUT2D eigenvalue weighted by molar-refractivity contribution is 0.00631. The van der Waals surface area contributed by atoms with E-state index < -0.39 is 17.4 Å². The third kappa shape index (κ3) is 3.43. The van der Waals surface area contributed by atoms with Crippen LogP contribution in [-0.2, 0) is 4.74 Å². The minimum atomic E-state index is -0.722. The zero-order valence-corrected chi connectivity index (χ0v) is 11.7. The minimum absolute atomic E-state index is 0.153. The predicted molar refractivity (Wildman–Crippen MR) is 65.8 cm³/mol. The molecule has 0 aliphatic rings. The molecule has 17 heavy (non-hydrogen) atoms. The van der Waals surface area contributed by atoms with E-state index in [0.717, 1.165) is 0 Å². The molecule has 1 aromatic carbocycles. The van der Waals surface area contributed by atoms with E-state index in [9.17, 15) is 9.18 Å². The first-order chi connectivity index (χ1) is 7.76. The van der Waals surface area contributed by atoms with Crippen molar-refractivity contribution in [1.82, 2.24) is 0 Å². The Morgan fingerprint density at radius 3 is 2.41 bits per heavy atom. The average molecular weight is 305 g/mol. The van der Waals surface area contributed by atoms with Gasteiger partial charge < -0.3 is 9.47 Å². The maximum atomic E-state index is 13.6. The normalized spacial score (nSPS) is 11.2. The Bertz CT molecular complexity index is 438. The van der Waals surface area contributed by atoms with Gasteiger partial charge in [-0.3, -0.25) is 0 Å². The molecule has 1 aromatic rings. The van der Waals surface area contributed by atoms with Crippen LogP contribution < -0.4 is 4.74 Å². The van der Waals surface area contributed by atoms with Crippen molar-refractivity contribution in [1.29, 1.82) is 0 Å². The number of carbonyl (C=O) groups excluding carboxylic acids is 1. The summed E-state index contributed by atoms with van der Waals surface area (Å²) in [4.78, 5) is 11.8. The average Bonchev–Trinajstić information content (AvgIpc) is 2.15. The van der Waals surface area contributed by atoms with Crippen LogP contribution in [0.2, 0.25) is 0 Å². The van der Waals surface area contributed by atoms with Gasteiger partial charge in [0, 0.05) is 0 Å². The smallest absolute Gasteiger partial charge is 0.342 e. The van der Waals surface area contributed by atoms with Gasteiger partial charge >= 0.3 is 5.97 Å². The largest absolute Gasteiger partial charge is 0.496 e. The highest BCUT2D eigenvalue weighted by Gasteiger charge is 2.24. The third-order valence-corrected chi connectivity index (χ3v) is 2.67. The van der Waals surface area contributed by atoms with E-state index in [0.29, 0.717) is 5.75 Å². The standard InChI is InChI=1S/C12H14BrFO3/c1-12(2,3)17-11(15)9-7(14)5-6-8(16-4)10(9)13/h5-6H,1-4H3. The van der Waals surface area contributed by atoms with Gasteiger partial charge in [-0.2, -0.15) is 0 Å². The van der Waals surface area contributed by atoms with Gasteiger partial charge in [0.25, 0.3) is 0 Å². The lowest BCUT2D eigenvalue weighted by Gasteiger charge is -2.20. The Morgan fingerprint density at radius 2 is 1.94 bits per heavy atom. The number of esters is 1. The number of halogens is 2. The molecule has 0 bridgehead atoms. The van der Waals surface area contributed by atoms with E-state index in [1.807, 2.05) is 0 Å². The van der Waals surface area contributed by atoms with Gasteiger partial charge in [-0.1, -0.05) is 0 Å². The molecule has 5 heteroatoms. The molecule has 0 saturated carbocycles. The molecular weight excluding hydrogens is 291 g/mol. The zero-order chi connectivity index (χ0) is 13.2. The summed E-state index contributed by atoms with van der Waals surface area (Å²) in [6, 6.07) is 2.61. The summed E-state index contributed by atoms with van der Waals surface area (Å²) in [5.41, 5.74) is -0.828. The quantitative estimate of drug-likeness (QED) is 0.784. The maximum Gasteiger partial charge on any atom is 0.342 e. The fraction of sp³-hybridized carbons (Fsp3) is 0.417. The lowest BCUT2D eigenvalue weighted by atomic mass is 10.1. The van der Waals surface area contributed by atoms with Crippen LogP contribution in [-0.4, -0.2) is 18.7 Å². The van der Waals surface area contributed by atoms with Crippen molar-refractivity contribution in [3.05, 3.63) is 28.0 Å². The first-order valence-corrected chi connectivity index (χ1v) is 5.81. The number of hydrogen-bond acceptors (Lipinski definition) is 3. The number of carbonyl (C=O) groups is 1. The second-order valence-electron chi connectivity index (χ2n) is 4.44. The van der Waals surface area contributed by atoms with Crippen LogP contribution in [0.15, 0.2) is 16.6 Å². The topological polar surface area (TPSA) is 35.5 Å². The molecule has 0 amide bonds. The maximum absolute atomic E-state index is 13.6. The van der Waals surface area contributed by atoms with E-state index >= 15 is 0 Å². The summed E-state index contributed by atoms with van der Waals surface area (Å²) < 4.78 is 24.0. The Balaban J connectivity index is 3.17. The first-order valence-electron chi connectivity index (χ1n) is 5.01. The Kier molecular flexibility index (Phi) is 4.14. The molecule has 0 fully saturated rings. The Hall–Kier alpha value is -1.10. The molecule has 0 N–H and O–H groups in total. The summed E-state index contributed by atoms with van der Waals surface area (Å²) in [6.07, 6.45) is 0. The molecule has 0 saturated heterocycles. The molecule has 0 radical (unpaired) electrons. The SMILES string of the molecule is COc1ccc(F)c(C(=O)OC(C)(C)C)c1Br. The van der Waals surface area contributed by atoms with E-state index in [-0.39, 0.29) is 10.0 Å². The molecule has 1 rings (SSSR count). The van der Waals surface area contributed by atoms with Crippen molar-refractivity contribution in [2.75, 3.05) is 7.11 Å². The van der Waals surface area contributed by atoms with Crippen LogP contribution in [0.5, 0.6) is 5.75 Å². The van der Waals surface area contributed by atoms with E-state index in [2.05, 4.69) is 15.9 Å². The number of rotatable bonds is 2.